The molecular formula is C19H25N5O2S. The predicted molar refractivity (Wildman–Crippen MR) is 104 cm³/mol. The van der Waals surface area contributed by atoms with Crippen LogP contribution in [0.25, 0.3) is 5.69 Å². The average Bonchev–Trinajstić information content (AvgIpc) is 3.15. The Hall–Kier alpha value is -2.45. The maximum Gasteiger partial charge on any atom is 0.246 e. The van der Waals surface area contributed by atoms with Crippen molar-refractivity contribution in [2.75, 3.05) is 7.05 Å². The number of para-hydroxylation sites is 1. The monoisotopic (exact) mass is 387 g/mol. The maximum absolute atomic E-state index is 13.3. The van der Waals surface area contributed by atoms with Crippen LogP contribution in [0, 0.1) is 20.8 Å². The normalized spacial score (nSPS) is 12.1. The lowest BCUT2D eigenvalue weighted by molar-refractivity contribution is 0.464. The molecule has 0 saturated heterocycles. The second-order valence-corrected chi connectivity index (χ2v) is 8.56. The molecule has 1 aromatic carbocycles. The zero-order valence-corrected chi connectivity index (χ0v) is 17.2. The van der Waals surface area contributed by atoms with Crippen molar-refractivity contribution in [3.63, 3.8) is 0 Å². The van der Waals surface area contributed by atoms with Crippen LogP contribution < -0.4 is 0 Å². The fraction of sp³-hybridized carbons (Fsp3) is 0.368. The molecule has 0 N–H and O–H groups in total. The molecule has 0 aliphatic carbocycles. The summed E-state index contributed by atoms with van der Waals surface area (Å²) >= 11 is 0. The van der Waals surface area contributed by atoms with Crippen LogP contribution in [0.5, 0.6) is 0 Å². The SMILES string of the molecule is CCn1ncc(CN(C)S(=O)(=O)c2c(C)nn(-c3ccccc3)c2C)c1C. The van der Waals surface area contributed by atoms with Gasteiger partial charge in [0.25, 0.3) is 0 Å². The second kappa shape index (κ2) is 7.28. The molecule has 2 heterocycles. The summed E-state index contributed by atoms with van der Waals surface area (Å²) in [6.45, 7) is 8.50. The lowest BCUT2D eigenvalue weighted by Crippen LogP contribution is -2.27. The van der Waals surface area contributed by atoms with E-state index in [-0.39, 0.29) is 11.4 Å². The van der Waals surface area contributed by atoms with Crippen molar-refractivity contribution in [3.05, 3.63) is 59.2 Å². The minimum Gasteiger partial charge on any atom is -0.270 e. The third kappa shape index (κ3) is 3.42. The van der Waals surface area contributed by atoms with Crippen LogP contribution in [0.15, 0.2) is 41.4 Å². The Balaban J connectivity index is 1.97. The maximum atomic E-state index is 13.3. The van der Waals surface area contributed by atoms with Gasteiger partial charge in [-0.05, 0) is 39.8 Å². The summed E-state index contributed by atoms with van der Waals surface area (Å²) in [4.78, 5) is 0.259. The van der Waals surface area contributed by atoms with Crippen molar-refractivity contribution in [1.82, 2.24) is 23.9 Å². The van der Waals surface area contributed by atoms with E-state index in [1.165, 1.54) is 4.31 Å². The van der Waals surface area contributed by atoms with Crippen LogP contribution >= 0.6 is 0 Å². The van der Waals surface area contributed by atoms with Crippen molar-refractivity contribution in [3.8, 4) is 5.69 Å². The first-order chi connectivity index (χ1) is 12.8. The quantitative estimate of drug-likeness (QED) is 0.652. The summed E-state index contributed by atoms with van der Waals surface area (Å²) in [6, 6.07) is 9.53. The lowest BCUT2D eigenvalue weighted by Gasteiger charge is -2.17. The van der Waals surface area contributed by atoms with Gasteiger partial charge < -0.3 is 0 Å². The van der Waals surface area contributed by atoms with Crippen molar-refractivity contribution in [2.24, 2.45) is 0 Å². The molecule has 0 bridgehead atoms. The van der Waals surface area contributed by atoms with Gasteiger partial charge in [0.1, 0.15) is 4.90 Å². The molecule has 0 unspecified atom stereocenters. The van der Waals surface area contributed by atoms with E-state index in [1.54, 1.807) is 31.8 Å². The molecule has 7 nitrogen and oxygen atoms in total. The smallest absolute Gasteiger partial charge is 0.246 e. The van der Waals surface area contributed by atoms with Crippen molar-refractivity contribution < 1.29 is 8.42 Å². The van der Waals surface area contributed by atoms with Crippen LogP contribution in [0.2, 0.25) is 0 Å². The van der Waals surface area contributed by atoms with Gasteiger partial charge in [-0.3, -0.25) is 4.68 Å². The minimum absolute atomic E-state index is 0.259. The standard InChI is InChI=1S/C19H25N5O2S/c1-6-23-15(3)17(12-20-23)13-22(5)27(25,26)19-14(2)21-24(16(19)4)18-10-8-7-9-11-18/h7-12H,6,13H2,1-5H3. The topological polar surface area (TPSA) is 73.0 Å². The summed E-state index contributed by atoms with van der Waals surface area (Å²) in [5, 5.41) is 8.77. The summed E-state index contributed by atoms with van der Waals surface area (Å²) < 4.78 is 31.4. The van der Waals surface area contributed by atoms with Gasteiger partial charge in [0, 0.05) is 31.4 Å². The highest BCUT2D eigenvalue weighted by Crippen LogP contribution is 2.26. The Morgan fingerprint density at radius 2 is 1.74 bits per heavy atom. The molecule has 0 aliphatic rings. The van der Waals surface area contributed by atoms with E-state index in [4.69, 9.17) is 0 Å². The number of hydrogen-bond acceptors (Lipinski definition) is 4. The van der Waals surface area contributed by atoms with E-state index in [2.05, 4.69) is 10.2 Å². The van der Waals surface area contributed by atoms with Gasteiger partial charge in [0.05, 0.1) is 23.3 Å². The molecule has 0 aliphatic heterocycles. The third-order valence-corrected chi connectivity index (χ3v) is 6.85. The van der Waals surface area contributed by atoms with Gasteiger partial charge in [0.15, 0.2) is 0 Å². The largest absolute Gasteiger partial charge is 0.270 e. The molecule has 8 heteroatoms. The van der Waals surface area contributed by atoms with Gasteiger partial charge in [-0.1, -0.05) is 18.2 Å². The number of benzene rings is 1. The minimum atomic E-state index is -3.69. The molecule has 2 aromatic heterocycles. The summed E-state index contributed by atoms with van der Waals surface area (Å²) in [5.41, 5.74) is 3.81. The van der Waals surface area contributed by atoms with Gasteiger partial charge in [-0.25, -0.2) is 13.1 Å². The van der Waals surface area contributed by atoms with Crippen LogP contribution in [-0.2, 0) is 23.1 Å². The summed E-state index contributed by atoms with van der Waals surface area (Å²) in [6.07, 6.45) is 1.73. The highest BCUT2D eigenvalue weighted by molar-refractivity contribution is 7.89. The number of sulfonamides is 1. The third-order valence-electron chi connectivity index (χ3n) is 4.79. The average molecular weight is 388 g/mol. The molecule has 0 radical (unpaired) electrons. The van der Waals surface area contributed by atoms with E-state index in [1.807, 2.05) is 48.9 Å². The van der Waals surface area contributed by atoms with Crippen LogP contribution in [0.4, 0.5) is 0 Å². The van der Waals surface area contributed by atoms with Crippen LogP contribution in [-0.4, -0.2) is 39.3 Å². The predicted octanol–water partition coefficient (Wildman–Crippen LogP) is 2.83. The van der Waals surface area contributed by atoms with Crippen LogP contribution in [0.3, 0.4) is 0 Å². The molecule has 3 aromatic rings. The lowest BCUT2D eigenvalue weighted by atomic mass is 10.2. The fourth-order valence-electron chi connectivity index (χ4n) is 3.26. The zero-order valence-electron chi connectivity index (χ0n) is 16.3. The summed E-state index contributed by atoms with van der Waals surface area (Å²) in [5.74, 6) is 0. The number of nitrogens with zero attached hydrogens (tertiary/aromatic N) is 5. The van der Waals surface area contributed by atoms with Crippen LogP contribution in [0.1, 0.15) is 29.6 Å². The molecule has 0 atom stereocenters. The van der Waals surface area contributed by atoms with Crippen molar-refractivity contribution in [1.29, 1.82) is 0 Å². The van der Waals surface area contributed by atoms with Gasteiger partial charge in [-0.2, -0.15) is 14.5 Å². The highest BCUT2D eigenvalue weighted by atomic mass is 32.2. The molecule has 3 rings (SSSR count). The molecule has 0 saturated carbocycles. The van der Waals surface area contributed by atoms with Crippen molar-refractivity contribution in [2.45, 2.75) is 45.7 Å². The van der Waals surface area contributed by atoms with Gasteiger partial charge >= 0.3 is 0 Å². The molecule has 27 heavy (non-hydrogen) atoms. The highest BCUT2D eigenvalue weighted by Gasteiger charge is 2.29. The van der Waals surface area contributed by atoms with E-state index >= 15 is 0 Å². The first-order valence-corrected chi connectivity index (χ1v) is 10.3. The second-order valence-electron chi connectivity index (χ2n) is 6.58. The Labute approximate surface area is 160 Å². The van der Waals surface area contributed by atoms with Gasteiger partial charge in [-0.15, -0.1) is 0 Å². The number of hydrogen-bond donors (Lipinski definition) is 0. The Bertz CT molecular complexity index is 1050. The first-order valence-electron chi connectivity index (χ1n) is 8.86. The van der Waals surface area contributed by atoms with E-state index in [0.29, 0.717) is 11.4 Å². The van der Waals surface area contributed by atoms with Crippen molar-refractivity contribution >= 4 is 10.0 Å². The van der Waals surface area contributed by atoms with E-state index < -0.39 is 10.0 Å². The molecule has 0 amide bonds. The van der Waals surface area contributed by atoms with E-state index in [0.717, 1.165) is 23.5 Å². The Kier molecular flexibility index (Phi) is 5.21. The fourth-order valence-corrected chi connectivity index (χ4v) is 4.76. The summed E-state index contributed by atoms with van der Waals surface area (Å²) in [7, 11) is -2.09. The molecule has 144 valence electrons. The number of aryl methyl sites for hydroxylation is 2. The first kappa shape index (κ1) is 19.3. The molecular weight excluding hydrogens is 362 g/mol. The Morgan fingerprint density at radius 3 is 2.33 bits per heavy atom. The Morgan fingerprint density at radius 1 is 1.07 bits per heavy atom. The molecule has 0 spiro atoms. The number of rotatable bonds is 6. The van der Waals surface area contributed by atoms with Gasteiger partial charge in [0.2, 0.25) is 10.0 Å². The molecule has 0 fully saturated rings. The number of aromatic nitrogens is 4. The zero-order chi connectivity index (χ0) is 19.8. The van der Waals surface area contributed by atoms with E-state index in [9.17, 15) is 8.42 Å².